The summed E-state index contributed by atoms with van der Waals surface area (Å²) in [7, 11) is 0. The minimum Gasteiger partial charge on any atom is -0.463 e. The molecule has 0 spiro atoms. The van der Waals surface area contributed by atoms with E-state index in [0.717, 1.165) is 4.68 Å². The number of carbonyl (C=O) groups excluding carboxylic acids is 1. The summed E-state index contributed by atoms with van der Waals surface area (Å²) in [4.78, 5) is 26.6. The quantitative estimate of drug-likeness (QED) is 0.780. The van der Waals surface area contributed by atoms with Gasteiger partial charge in [-0.1, -0.05) is 13.8 Å². The van der Waals surface area contributed by atoms with Gasteiger partial charge in [-0.2, -0.15) is 14.8 Å². The van der Waals surface area contributed by atoms with E-state index in [1.54, 1.807) is 13.8 Å². The molecule has 1 saturated heterocycles. The standard InChI is InChI=1S/C12H18N4O4/c1-7(2)11(17)19-6-8-3-4-10(20-8)16-12(18)15-9(13)5-14-16/h5,7-8,10H,3-4,6H2,1-2H3,(H2,13,15,18). The first-order valence-electron chi connectivity index (χ1n) is 6.51. The topological polar surface area (TPSA) is 109 Å². The monoisotopic (exact) mass is 282 g/mol. The molecule has 2 atom stereocenters. The van der Waals surface area contributed by atoms with Gasteiger partial charge in [0.1, 0.15) is 12.4 Å². The van der Waals surface area contributed by atoms with Crippen LogP contribution in [0.25, 0.3) is 0 Å². The molecule has 1 fully saturated rings. The van der Waals surface area contributed by atoms with Crippen molar-refractivity contribution in [1.29, 1.82) is 0 Å². The van der Waals surface area contributed by atoms with Gasteiger partial charge in [0.25, 0.3) is 0 Å². The number of rotatable bonds is 4. The van der Waals surface area contributed by atoms with Gasteiger partial charge in [0.05, 0.1) is 18.2 Å². The smallest absolute Gasteiger partial charge is 0.368 e. The Morgan fingerprint density at radius 2 is 2.35 bits per heavy atom. The van der Waals surface area contributed by atoms with E-state index in [1.165, 1.54) is 6.20 Å². The molecule has 0 amide bonds. The molecule has 2 N–H and O–H groups in total. The molecule has 0 aliphatic carbocycles. The highest BCUT2D eigenvalue weighted by Gasteiger charge is 2.29. The van der Waals surface area contributed by atoms with Gasteiger partial charge in [-0.25, -0.2) is 4.79 Å². The predicted molar refractivity (Wildman–Crippen MR) is 69.6 cm³/mol. The minimum absolute atomic E-state index is 0.0756. The summed E-state index contributed by atoms with van der Waals surface area (Å²) in [6.07, 6.45) is 1.89. The van der Waals surface area contributed by atoms with Crippen molar-refractivity contribution in [2.75, 3.05) is 12.3 Å². The van der Waals surface area contributed by atoms with Gasteiger partial charge in [-0.05, 0) is 12.8 Å². The lowest BCUT2D eigenvalue weighted by Crippen LogP contribution is -2.30. The van der Waals surface area contributed by atoms with Crippen LogP contribution in [0.1, 0.15) is 32.9 Å². The molecule has 1 aromatic heterocycles. The van der Waals surface area contributed by atoms with E-state index in [2.05, 4.69) is 10.1 Å². The Hall–Kier alpha value is -1.96. The van der Waals surface area contributed by atoms with Crippen molar-refractivity contribution in [3.8, 4) is 0 Å². The van der Waals surface area contributed by atoms with Gasteiger partial charge in [0.15, 0.2) is 6.23 Å². The third-order valence-corrected chi connectivity index (χ3v) is 2.98. The van der Waals surface area contributed by atoms with Gasteiger partial charge in [-0.3, -0.25) is 4.79 Å². The van der Waals surface area contributed by atoms with Crippen molar-refractivity contribution in [2.24, 2.45) is 5.92 Å². The van der Waals surface area contributed by atoms with Crippen LogP contribution in [0, 0.1) is 5.92 Å². The first-order chi connectivity index (χ1) is 9.47. The molecule has 0 saturated carbocycles. The molecular formula is C12H18N4O4. The van der Waals surface area contributed by atoms with Gasteiger partial charge in [0.2, 0.25) is 0 Å². The summed E-state index contributed by atoms with van der Waals surface area (Å²) in [6.45, 7) is 3.72. The number of nitrogens with two attached hydrogens (primary N) is 1. The second kappa shape index (κ2) is 6.00. The number of esters is 1. The van der Waals surface area contributed by atoms with Crippen molar-refractivity contribution in [1.82, 2.24) is 14.8 Å². The number of anilines is 1. The molecule has 0 bridgehead atoms. The molecule has 8 heteroatoms. The lowest BCUT2D eigenvalue weighted by Gasteiger charge is -2.15. The zero-order chi connectivity index (χ0) is 14.7. The first kappa shape index (κ1) is 14.4. The summed E-state index contributed by atoms with van der Waals surface area (Å²) in [5.41, 5.74) is 4.83. The molecule has 8 nitrogen and oxygen atoms in total. The van der Waals surface area contributed by atoms with Crippen LogP contribution < -0.4 is 11.4 Å². The predicted octanol–water partition coefficient (Wildman–Crippen LogP) is 0.0973. The zero-order valence-electron chi connectivity index (χ0n) is 11.5. The fourth-order valence-corrected chi connectivity index (χ4v) is 1.89. The molecule has 0 aromatic carbocycles. The maximum atomic E-state index is 11.6. The lowest BCUT2D eigenvalue weighted by molar-refractivity contribution is -0.152. The number of aromatic nitrogens is 3. The van der Waals surface area contributed by atoms with Crippen LogP contribution >= 0.6 is 0 Å². The van der Waals surface area contributed by atoms with Gasteiger partial charge >= 0.3 is 11.7 Å². The third kappa shape index (κ3) is 3.32. The van der Waals surface area contributed by atoms with Crippen molar-refractivity contribution >= 4 is 11.8 Å². The third-order valence-electron chi connectivity index (χ3n) is 2.98. The lowest BCUT2D eigenvalue weighted by atomic mass is 10.2. The SMILES string of the molecule is CC(C)C(=O)OCC1CCC(n2ncc(N)nc2=O)O1. The van der Waals surface area contributed by atoms with Crippen LogP contribution in [0.3, 0.4) is 0 Å². The van der Waals surface area contributed by atoms with Gasteiger partial charge < -0.3 is 15.2 Å². The van der Waals surface area contributed by atoms with Gasteiger partial charge in [-0.15, -0.1) is 0 Å². The summed E-state index contributed by atoms with van der Waals surface area (Å²) in [5, 5.41) is 3.90. The highest BCUT2D eigenvalue weighted by atomic mass is 16.6. The average Bonchev–Trinajstić information content (AvgIpc) is 2.84. The molecule has 2 heterocycles. The van der Waals surface area contributed by atoms with Crippen LogP contribution in [0.2, 0.25) is 0 Å². The van der Waals surface area contributed by atoms with Crippen molar-refractivity contribution < 1.29 is 14.3 Å². The fourth-order valence-electron chi connectivity index (χ4n) is 1.89. The van der Waals surface area contributed by atoms with Crippen molar-refractivity contribution in [3.05, 3.63) is 16.7 Å². The van der Waals surface area contributed by atoms with E-state index in [0.29, 0.717) is 12.8 Å². The van der Waals surface area contributed by atoms with Gasteiger partial charge in [0, 0.05) is 0 Å². The summed E-state index contributed by atoms with van der Waals surface area (Å²) in [5.74, 6) is -0.356. The number of nitrogens with zero attached hydrogens (tertiary/aromatic N) is 3. The van der Waals surface area contributed by atoms with Crippen LogP contribution in [0.15, 0.2) is 11.0 Å². The Bertz CT molecular complexity index is 543. The largest absolute Gasteiger partial charge is 0.463 e. The first-order valence-corrected chi connectivity index (χ1v) is 6.51. The maximum Gasteiger partial charge on any atom is 0.368 e. The molecule has 1 aromatic rings. The van der Waals surface area contributed by atoms with Crippen molar-refractivity contribution in [3.63, 3.8) is 0 Å². The molecule has 1 aliphatic heterocycles. The second-order valence-corrected chi connectivity index (χ2v) is 4.98. The fraction of sp³-hybridized carbons (Fsp3) is 0.667. The van der Waals surface area contributed by atoms with E-state index in [1.807, 2.05) is 0 Å². The Balaban J connectivity index is 1.92. The number of hydrogen-bond acceptors (Lipinski definition) is 7. The highest BCUT2D eigenvalue weighted by Crippen LogP contribution is 2.26. The number of hydrogen-bond donors (Lipinski definition) is 1. The number of carbonyl (C=O) groups is 1. The Morgan fingerprint density at radius 1 is 1.60 bits per heavy atom. The van der Waals surface area contributed by atoms with Crippen LogP contribution in [0.5, 0.6) is 0 Å². The molecule has 2 rings (SSSR count). The second-order valence-electron chi connectivity index (χ2n) is 4.98. The van der Waals surface area contributed by atoms with Crippen LogP contribution in [-0.2, 0) is 14.3 Å². The Labute approximate surface area is 115 Å². The van der Waals surface area contributed by atoms with Crippen LogP contribution in [-0.4, -0.2) is 33.4 Å². The minimum atomic E-state index is -0.546. The normalized spacial score (nSPS) is 22.1. The molecule has 1 aliphatic rings. The Morgan fingerprint density at radius 3 is 3.00 bits per heavy atom. The zero-order valence-corrected chi connectivity index (χ0v) is 11.5. The van der Waals surface area contributed by atoms with E-state index in [4.69, 9.17) is 15.2 Å². The average molecular weight is 282 g/mol. The maximum absolute atomic E-state index is 11.6. The highest BCUT2D eigenvalue weighted by molar-refractivity contribution is 5.71. The molecule has 110 valence electrons. The number of ether oxygens (including phenoxy) is 2. The number of nitrogen functional groups attached to an aromatic ring is 1. The van der Waals surface area contributed by atoms with Crippen LogP contribution in [0.4, 0.5) is 5.82 Å². The summed E-state index contributed by atoms with van der Waals surface area (Å²) >= 11 is 0. The van der Waals surface area contributed by atoms with Crippen molar-refractivity contribution in [2.45, 2.75) is 39.0 Å². The Kier molecular flexibility index (Phi) is 4.33. The van der Waals surface area contributed by atoms with E-state index in [-0.39, 0.29) is 30.4 Å². The van der Waals surface area contributed by atoms with E-state index >= 15 is 0 Å². The molecule has 2 unspecified atom stereocenters. The molecule has 20 heavy (non-hydrogen) atoms. The van der Waals surface area contributed by atoms with E-state index in [9.17, 15) is 9.59 Å². The summed E-state index contributed by atoms with van der Waals surface area (Å²) in [6, 6.07) is 0. The summed E-state index contributed by atoms with van der Waals surface area (Å²) < 4.78 is 11.9. The molecular weight excluding hydrogens is 264 g/mol. The molecule has 0 radical (unpaired) electrons. The van der Waals surface area contributed by atoms with E-state index < -0.39 is 11.9 Å².